The van der Waals surface area contributed by atoms with Crippen molar-refractivity contribution >= 4 is 5.97 Å². The predicted molar refractivity (Wildman–Crippen MR) is 57.1 cm³/mol. The van der Waals surface area contributed by atoms with Gasteiger partial charge in [0.05, 0.1) is 13.0 Å². The normalized spacial score (nSPS) is 12.2. The maximum atomic E-state index is 13.6. The Morgan fingerprint density at radius 3 is 2.69 bits per heavy atom. The van der Waals surface area contributed by atoms with Crippen LogP contribution >= 0.6 is 0 Å². The van der Waals surface area contributed by atoms with Crippen LogP contribution in [0.5, 0.6) is 5.75 Å². The van der Waals surface area contributed by atoms with Gasteiger partial charge in [0.25, 0.3) is 0 Å². The zero-order valence-electron chi connectivity index (χ0n) is 9.16. The summed E-state index contributed by atoms with van der Waals surface area (Å²) in [6, 6.07) is 2.65. The molecule has 0 aromatic heterocycles. The van der Waals surface area contributed by atoms with Gasteiger partial charge in [0, 0.05) is 12.1 Å². The van der Waals surface area contributed by atoms with Crippen molar-refractivity contribution in [3.63, 3.8) is 0 Å². The zero-order chi connectivity index (χ0) is 12.3. The molecule has 1 aromatic carbocycles. The molecule has 0 heterocycles. The summed E-state index contributed by atoms with van der Waals surface area (Å²) in [5.74, 6) is -2.31. The molecule has 0 bridgehead atoms. The van der Waals surface area contributed by atoms with Crippen LogP contribution in [0.1, 0.15) is 17.0 Å². The van der Waals surface area contributed by atoms with Crippen LogP contribution < -0.4 is 10.5 Å². The summed E-state index contributed by atoms with van der Waals surface area (Å²) < 4.78 is 18.6. The molecule has 0 aliphatic carbocycles. The number of halogens is 1. The third-order valence-corrected chi connectivity index (χ3v) is 2.51. The van der Waals surface area contributed by atoms with E-state index in [1.165, 1.54) is 19.2 Å². The Bertz CT molecular complexity index is 406. The van der Waals surface area contributed by atoms with Crippen LogP contribution in [-0.4, -0.2) is 24.7 Å². The van der Waals surface area contributed by atoms with Gasteiger partial charge in [0.2, 0.25) is 0 Å². The van der Waals surface area contributed by atoms with Crippen molar-refractivity contribution in [3.8, 4) is 5.75 Å². The van der Waals surface area contributed by atoms with Crippen molar-refractivity contribution in [2.24, 2.45) is 5.73 Å². The van der Waals surface area contributed by atoms with Crippen LogP contribution in [0.15, 0.2) is 12.1 Å². The molecule has 0 fully saturated rings. The largest absolute Gasteiger partial charge is 0.496 e. The lowest BCUT2D eigenvalue weighted by molar-refractivity contribution is -0.138. The first-order valence-corrected chi connectivity index (χ1v) is 4.78. The second-order valence-corrected chi connectivity index (χ2v) is 3.41. The van der Waals surface area contributed by atoms with E-state index in [2.05, 4.69) is 0 Å². The molecule has 0 saturated carbocycles. The molecule has 16 heavy (non-hydrogen) atoms. The quantitative estimate of drug-likeness (QED) is 0.812. The molecule has 0 saturated heterocycles. The van der Waals surface area contributed by atoms with Gasteiger partial charge in [-0.2, -0.15) is 0 Å². The Morgan fingerprint density at radius 2 is 2.25 bits per heavy atom. The van der Waals surface area contributed by atoms with Crippen molar-refractivity contribution in [1.29, 1.82) is 0 Å². The number of hydrogen-bond donors (Lipinski definition) is 2. The standard InChI is InChI=1S/C11H14FNO3/c1-6-9(16-2)4-3-8(12)10(6)7(5-13)11(14)15/h3-4,7H,5,13H2,1-2H3,(H,14,15). The van der Waals surface area contributed by atoms with Crippen molar-refractivity contribution in [3.05, 3.63) is 29.1 Å². The van der Waals surface area contributed by atoms with Crippen LogP contribution in [0.4, 0.5) is 4.39 Å². The minimum absolute atomic E-state index is 0.0920. The lowest BCUT2D eigenvalue weighted by atomic mass is 9.93. The van der Waals surface area contributed by atoms with Crippen molar-refractivity contribution in [1.82, 2.24) is 0 Å². The van der Waals surface area contributed by atoms with Gasteiger partial charge < -0.3 is 15.6 Å². The molecule has 0 radical (unpaired) electrons. The number of nitrogens with two attached hydrogens (primary N) is 1. The average Bonchev–Trinajstić information content (AvgIpc) is 2.23. The fourth-order valence-corrected chi connectivity index (χ4v) is 1.67. The van der Waals surface area contributed by atoms with E-state index in [4.69, 9.17) is 15.6 Å². The summed E-state index contributed by atoms with van der Waals surface area (Å²) in [5, 5.41) is 8.95. The van der Waals surface area contributed by atoms with Crippen LogP contribution in [0.25, 0.3) is 0 Å². The Labute approximate surface area is 92.8 Å². The van der Waals surface area contributed by atoms with Crippen LogP contribution in [-0.2, 0) is 4.79 Å². The number of carboxylic acids is 1. The van der Waals surface area contributed by atoms with E-state index in [-0.39, 0.29) is 12.1 Å². The molecule has 5 heteroatoms. The Hall–Kier alpha value is -1.62. The van der Waals surface area contributed by atoms with Gasteiger partial charge in [-0.1, -0.05) is 0 Å². The molecule has 1 aromatic rings. The first-order valence-electron chi connectivity index (χ1n) is 4.78. The molecule has 0 amide bonds. The summed E-state index contributed by atoms with van der Waals surface area (Å²) in [5.41, 5.74) is 5.91. The number of rotatable bonds is 4. The first-order chi connectivity index (χ1) is 7.52. The van der Waals surface area contributed by atoms with E-state index >= 15 is 0 Å². The molecule has 1 atom stereocenters. The minimum atomic E-state index is -1.14. The van der Waals surface area contributed by atoms with Crippen LogP contribution in [0.3, 0.4) is 0 Å². The van der Waals surface area contributed by atoms with E-state index in [9.17, 15) is 9.18 Å². The number of methoxy groups -OCH3 is 1. The SMILES string of the molecule is COc1ccc(F)c(C(CN)C(=O)O)c1C. The third-order valence-electron chi connectivity index (χ3n) is 2.51. The first kappa shape index (κ1) is 12.4. The van der Waals surface area contributed by atoms with E-state index in [1.807, 2.05) is 0 Å². The second kappa shape index (κ2) is 4.94. The van der Waals surface area contributed by atoms with Crippen molar-refractivity contribution in [2.45, 2.75) is 12.8 Å². The monoisotopic (exact) mass is 227 g/mol. The number of ether oxygens (including phenoxy) is 1. The smallest absolute Gasteiger partial charge is 0.312 e. The van der Waals surface area contributed by atoms with Gasteiger partial charge in [-0.25, -0.2) is 4.39 Å². The predicted octanol–water partition coefficient (Wildman–Crippen LogP) is 1.27. The molecular formula is C11H14FNO3. The molecule has 1 unspecified atom stereocenters. The maximum Gasteiger partial charge on any atom is 0.312 e. The average molecular weight is 227 g/mol. The maximum absolute atomic E-state index is 13.6. The molecular weight excluding hydrogens is 213 g/mol. The summed E-state index contributed by atoms with van der Waals surface area (Å²) in [6.07, 6.45) is 0. The molecule has 4 nitrogen and oxygen atoms in total. The minimum Gasteiger partial charge on any atom is -0.496 e. The molecule has 88 valence electrons. The second-order valence-electron chi connectivity index (χ2n) is 3.41. The van der Waals surface area contributed by atoms with Crippen molar-refractivity contribution in [2.75, 3.05) is 13.7 Å². The Kier molecular flexibility index (Phi) is 3.84. The fraction of sp³-hybridized carbons (Fsp3) is 0.364. The molecule has 3 N–H and O–H groups in total. The molecule has 1 rings (SSSR count). The molecule has 0 spiro atoms. The number of carboxylic acid groups (broad SMARTS) is 1. The third kappa shape index (κ3) is 2.14. The lowest BCUT2D eigenvalue weighted by Gasteiger charge is -2.16. The molecule has 0 aliphatic rings. The summed E-state index contributed by atoms with van der Waals surface area (Å²) >= 11 is 0. The molecule has 0 aliphatic heterocycles. The topological polar surface area (TPSA) is 72.5 Å². The van der Waals surface area contributed by atoms with E-state index in [0.717, 1.165) is 0 Å². The van der Waals surface area contributed by atoms with Gasteiger partial charge >= 0.3 is 5.97 Å². The van der Waals surface area contributed by atoms with Crippen molar-refractivity contribution < 1.29 is 19.0 Å². The Morgan fingerprint density at radius 1 is 1.62 bits per heavy atom. The van der Waals surface area contributed by atoms with Gasteiger partial charge in [0.1, 0.15) is 11.6 Å². The lowest BCUT2D eigenvalue weighted by Crippen LogP contribution is -2.23. The van der Waals surface area contributed by atoms with Gasteiger partial charge in [-0.05, 0) is 24.6 Å². The number of carbonyl (C=O) groups is 1. The van der Waals surface area contributed by atoms with Gasteiger partial charge in [0.15, 0.2) is 0 Å². The van der Waals surface area contributed by atoms with E-state index in [0.29, 0.717) is 11.3 Å². The van der Waals surface area contributed by atoms with Crippen LogP contribution in [0.2, 0.25) is 0 Å². The highest BCUT2D eigenvalue weighted by molar-refractivity contribution is 5.77. The summed E-state index contributed by atoms with van der Waals surface area (Å²) in [6.45, 7) is 1.46. The fourth-order valence-electron chi connectivity index (χ4n) is 1.67. The van der Waals surface area contributed by atoms with E-state index < -0.39 is 17.7 Å². The zero-order valence-corrected chi connectivity index (χ0v) is 9.16. The van der Waals surface area contributed by atoms with E-state index in [1.54, 1.807) is 6.92 Å². The van der Waals surface area contributed by atoms with Gasteiger partial charge in [-0.3, -0.25) is 4.79 Å². The number of benzene rings is 1. The number of aliphatic carboxylic acids is 1. The highest BCUT2D eigenvalue weighted by atomic mass is 19.1. The summed E-state index contributed by atoms with van der Waals surface area (Å²) in [7, 11) is 1.45. The highest BCUT2D eigenvalue weighted by Gasteiger charge is 2.25. The van der Waals surface area contributed by atoms with Crippen LogP contribution in [0, 0.1) is 12.7 Å². The van der Waals surface area contributed by atoms with Gasteiger partial charge in [-0.15, -0.1) is 0 Å². The number of hydrogen-bond acceptors (Lipinski definition) is 3. The summed E-state index contributed by atoms with van der Waals surface area (Å²) in [4.78, 5) is 10.9. The Balaban J connectivity index is 3.35. The highest BCUT2D eigenvalue weighted by Crippen LogP contribution is 2.29.